The number of aromatic nitrogens is 2. The van der Waals surface area contributed by atoms with Crippen molar-refractivity contribution in [2.24, 2.45) is 0 Å². The third-order valence-corrected chi connectivity index (χ3v) is 3.96. The zero-order valence-corrected chi connectivity index (χ0v) is 11.9. The first-order chi connectivity index (χ1) is 8.85. The summed E-state index contributed by atoms with van der Waals surface area (Å²) in [4.78, 5) is 0. The molecule has 1 heterocycles. The van der Waals surface area contributed by atoms with Gasteiger partial charge in [0.15, 0.2) is 0 Å². The molecule has 1 saturated carbocycles. The Kier molecular flexibility index (Phi) is 5.24. The molecule has 18 heavy (non-hydrogen) atoms. The van der Waals surface area contributed by atoms with Crippen molar-refractivity contribution in [2.75, 3.05) is 6.54 Å². The molecular formula is C15H27N3. The number of nitrogens with one attached hydrogen (secondary N) is 1. The van der Waals surface area contributed by atoms with E-state index in [0.717, 1.165) is 19.5 Å². The zero-order chi connectivity index (χ0) is 12.8. The highest BCUT2D eigenvalue weighted by Crippen LogP contribution is 2.32. The minimum atomic E-state index is 0.665. The monoisotopic (exact) mass is 249 g/mol. The Balaban J connectivity index is 2.02. The van der Waals surface area contributed by atoms with Crippen molar-refractivity contribution in [1.29, 1.82) is 0 Å². The molecular weight excluding hydrogens is 222 g/mol. The summed E-state index contributed by atoms with van der Waals surface area (Å²) in [6.45, 7) is 6.63. The van der Waals surface area contributed by atoms with Gasteiger partial charge in [0.05, 0.1) is 6.20 Å². The molecule has 0 saturated heterocycles. The Morgan fingerprint density at radius 2 is 2.11 bits per heavy atom. The molecule has 3 nitrogen and oxygen atoms in total. The highest BCUT2D eigenvalue weighted by atomic mass is 15.3. The summed E-state index contributed by atoms with van der Waals surface area (Å²) in [7, 11) is 0. The van der Waals surface area contributed by atoms with E-state index in [1.54, 1.807) is 0 Å². The van der Waals surface area contributed by atoms with Crippen molar-refractivity contribution in [2.45, 2.75) is 70.9 Å². The maximum absolute atomic E-state index is 4.48. The first kappa shape index (κ1) is 13.6. The quantitative estimate of drug-likeness (QED) is 0.838. The minimum absolute atomic E-state index is 0.665. The number of hydrogen-bond donors (Lipinski definition) is 1. The molecule has 0 aliphatic heterocycles. The molecule has 0 bridgehead atoms. The molecule has 3 heteroatoms. The van der Waals surface area contributed by atoms with Crippen LogP contribution >= 0.6 is 0 Å². The van der Waals surface area contributed by atoms with Crippen LogP contribution in [0.15, 0.2) is 12.4 Å². The smallest absolute Gasteiger partial charge is 0.0525 e. The summed E-state index contributed by atoms with van der Waals surface area (Å²) < 4.78 is 2.10. The fourth-order valence-corrected chi connectivity index (χ4v) is 3.03. The molecule has 102 valence electrons. The molecule has 2 unspecified atom stereocenters. The molecule has 1 aromatic rings. The van der Waals surface area contributed by atoms with Gasteiger partial charge in [0, 0.05) is 24.7 Å². The third kappa shape index (κ3) is 3.35. The second-order valence-corrected chi connectivity index (χ2v) is 5.49. The van der Waals surface area contributed by atoms with E-state index in [1.807, 2.05) is 0 Å². The maximum Gasteiger partial charge on any atom is 0.0525 e. The molecule has 0 amide bonds. The summed E-state index contributed by atoms with van der Waals surface area (Å²) in [6.07, 6.45) is 12.1. The predicted molar refractivity (Wildman–Crippen MR) is 75.8 cm³/mol. The number of aryl methyl sites for hydroxylation is 1. The van der Waals surface area contributed by atoms with Gasteiger partial charge in [-0.05, 0) is 37.8 Å². The molecule has 1 N–H and O–H groups in total. The van der Waals surface area contributed by atoms with E-state index in [9.17, 15) is 0 Å². The zero-order valence-electron chi connectivity index (χ0n) is 11.9. The van der Waals surface area contributed by atoms with Gasteiger partial charge in [-0.3, -0.25) is 4.68 Å². The highest BCUT2D eigenvalue weighted by molar-refractivity contribution is 5.15. The van der Waals surface area contributed by atoms with Crippen LogP contribution in [0.3, 0.4) is 0 Å². The fraction of sp³-hybridized carbons (Fsp3) is 0.800. The molecule has 1 fully saturated rings. The van der Waals surface area contributed by atoms with Crippen LogP contribution in [0, 0.1) is 0 Å². The van der Waals surface area contributed by atoms with Gasteiger partial charge in [0.25, 0.3) is 0 Å². The van der Waals surface area contributed by atoms with Crippen LogP contribution in [0.2, 0.25) is 0 Å². The molecule has 0 aromatic carbocycles. The first-order valence-electron chi connectivity index (χ1n) is 7.60. The summed E-state index contributed by atoms with van der Waals surface area (Å²) in [5, 5.41) is 8.21. The summed E-state index contributed by atoms with van der Waals surface area (Å²) >= 11 is 0. The molecule has 2 rings (SSSR count). The average molecular weight is 249 g/mol. The summed E-state index contributed by atoms with van der Waals surface area (Å²) in [5.74, 6) is 0.677. The lowest BCUT2D eigenvalue weighted by Gasteiger charge is -2.31. The van der Waals surface area contributed by atoms with Gasteiger partial charge in [0.1, 0.15) is 0 Å². The number of rotatable bonds is 6. The second-order valence-electron chi connectivity index (χ2n) is 5.49. The Bertz CT molecular complexity index is 345. The van der Waals surface area contributed by atoms with Gasteiger partial charge in [-0.15, -0.1) is 0 Å². The topological polar surface area (TPSA) is 29.9 Å². The minimum Gasteiger partial charge on any atom is -0.313 e. The van der Waals surface area contributed by atoms with Crippen LogP contribution in [0.1, 0.15) is 63.9 Å². The van der Waals surface area contributed by atoms with Gasteiger partial charge in [-0.2, -0.15) is 5.10 Å². The molecule has 1 aliphatic rings. The van der Waals surface area contributed by atoms with Crippen LogP contribution in [-0.2, 0) is 6.54 Å². The average Bonchev–Trinajstić information content (AvgIpc) is 2.86. The second kappa shape index (κ2) is 6.93. The lowest BCUT2D eigenvalue weighted by Crippen LogP contribution is -2.37. The van der Waals surface area contributed by atoms with Crippen LogP contribution < -0.4 is 5.32 Å². The van der Waals surface area contributed by atoms with Gasteiger partial charge in [0.2, 0.25) is 0 Å². The van der Waals surface area contributed by atoms with Crippen molar-refractivity contribution >= 4 is 0 Å². The van der Waals surface area contributed by atoms with Crippen LogP contribution in [0.5, 0.6) is 0 Å². The standard InChI is InChI=1S/C15H27N3/c1-3-9-16-15-8-6-5-7-14(15)13-11-17-18(12-13)10-4-2/h11-12,14-16H,3-10H2,1-2H3. The van der Waals surface area contributed by atoms with Gasteiger partial charge in [-0.1, -0.05) is 26.7 Å². The summed E-state index contributed by atoms with van der Waals surface area (Å²) in [5.41, 5.74) is 1.44. The third-order valence-electron chi connectivity index (χ3n) is 3.96. The highest BCUT2D eigenvalue weighted by Gasteiger charge is 2.26. The SMILES string of the molecule is CCCNC1CCCCC1c1cnn(CCC)c1. The van der Waals surface area contributed by atoms with E-state index >= 15 is 0 Å². The van der Waals surface area contributed by atoms with E-state index in [-0.39, 0.29) is 0 Å². The van der Waals surface area contributed by atoms with Crippen molar-refractivity contribution in [3.63, 3.8) is 0 Å². The summed E-state index contributed by atoms with van der Waals surface area (Å²) in [6, 6.07) is 0.665. The van der Waals surface area contributed by atoms with Crippen molar-refractivity contribution in [1.82, 2.24) is 15.1 Å². The van der Waals surface area contributed by atoms with Gasteiger partial charge < -0.3 is 5.32 Å². The molecule has 1 aliphatic carbocycles. The molecule has 2 atom stereocenters. The number of nitrogens with zero attached hydrogens (tertiary/aromatic N) is 2. The number of hydrogen-bond acceptors (Lipinski definition) is 2. The van der Waals surface area contributed by atoms with Crippen molar-refractivity contribution in [3.8, 4) is 0 Å². The Hall–Kier alpha value is -0.830. The van der Waals surface area contributed by atoms with Gasteiger partial charge in [-0.25, -0.2) is 0 Å². The maximum atomic E-state index is 4.48. The largest absolute Gasteiger partial charge is 0.313 e. The van der Waals surface area contributed by atoms with Crippen LogP contribution in [0.4, 0.5) is 0 Å². The van der Waals surface area contributed by atoms with E-state index in [1.165, 1.54) is 37.7 Å². The molecule has 0 radical (unpaired) electrons. The van der Waals surface area contributed by atoms with Crippen LogP contribution in [0.25, 0.3) is 0 Å². The Morgan fingerprint density at radius 1 is 1.28 bits per heavy atom. The Labute approximate surface area is 111 Å². The van der Waals surface area contributed by atoms with Crippen LogP contribution in [-0.4, -0.2) is 22.4 Å². The van der Waals surface area contributed by atoms with Crippen molar-refractivity contribution < 1.29 is 0 Å². The fourth-order valence-electron chi connectivity index (χ4n) is 3.03. The molecule has 1 aromatic heterocycles. The van der Waals surface area contributed by atoms with Gasteiger partial charge >= 0.3 is 0 Å². The predicted octanol–water partition coefficient (Wildman–Crippen LogP) is 3.32. The Morgan fingerprint density at radius 3 is 2.89 bits per heavy atom. The molecule has 0 spiro atoms. The lowest BCUT2D eigenvalue weighted by molar-refractivity contribution is 0.328. The van der Waals surface area contributed by atoms with E-state index < -0.39 is 0 Å². The van der Waals surface area contributed by atoms with E-state index in [2.05, 4.69) is 41.3 Å². The normalized spacial score (nSPS) is 24.3. The first-order valence-corrected chi connectivity index (χ1v) is 7.60. The van der Waals surface area contributed by atoms with Crippen molar-refractivity contribution in [3.05, 3.63) is 18.0 Å². The lowest BCUT2D eigenvalue weighted by atomic mass is 9.81. The van der Waals surface area contributed by atoms with E-state index in [4.69, 9.17) is 0 Å². The van der Waals surface area contributed by atoms with E-state index in [0.29, 0.717) is 12.0 Å².